The van der Waals surface area contributed by atoms with Gasteiger partial charge in [-0.05, 0) is 6.92 Å². The Morgan fingerprint density at radius 3 is 2.44 bits per heavy atom. The number of halogens is 5. The van der Waals surface area contributed by atoms with E-state index in [9.17, 15) is 13.2 Å². The predicted octanol–water partition coefficient (Wildman–Crippen LogP) is 3.14. The third kappa shape index (κ3) is 4.44. The molecule has 0 saturated heterocycles. The van der Waals surface area contributed by atoms with Crippen molar-refractivity contribution in [3.8, 4) is 0 Å². The third-order valence-corrected chi connectivity index (χ3v) is 3.28. The fourth-order valence-corrected chi connectivity index (χ4v) is 2.40. The summed E-state index contributed by atoms with van der Waals surface area (Å²) < 4.78 is 38.7. The van der Waals surface area contributed by atoms with Crippen LogP contribution in [-0.4, -0.2) is 39.3 Å². The van der Waals surface area contributed by atoms with Gasteiger partial charge in [-0.1, -0.05) is 27.5 Å². The van der Waals surface area contributed by atoms with Crippen molar-refractivity contribution < 1.29 is 13.2 Å². The molecular formula is C10H14BrClF3N3. The van der Waals surface area contributed by atoms with Gasteiger partial charge in [0.25, 0.3) is 0 Å². The number of nitrogens with zero attached hydrogens (tertiary/aromatic N) is 3. The summed E-state index contributed by atoms with van der Waals surface area (Å²) in [5, 5.41) is 4.94. The fourth-order valence-electron chi connectivity index (χ4n) is 1.66. The Hall–Kier alpha value is -0.270. The van der Waals surface area contributed by atoms with Crippen LogP contribution in [-0.2, 0) is 13.6 Å². The number of hydrogen-bond donors (Lipinski definition) is 0. The Morgan fingerprint density at radius 2 is 2.06 bits per heavy atom. The number of aromatic nitrogens is 2. The third-order valence-electron chi connectivity index (χ3n) is 2.46. The summed E-state index contributed by atoms with van der Waals surface area (Å²) in [6.07, 6.45) is -4.22. The van der Waals surface area contributed by atoms with Gasteiger partial charge in [0, 0.05) is 31.0 Å². The van der Waals surface area contributed by atoms with Gasteiger partial charge in [0.05, 0.1) is 12.2 Å². The molecule has 1 rings (SSSR count). The topological polar surface area (TPSA) is 21.1 Å². The smallest absolute Gasteiger partial charge is 0.290 e. The van der Waals surface area contributed by atoms with Gasteiger partial charge < -0.3 is 0 Å². The van der Waals surface area contributed by atoms with Crippen molar-refractivity contribution in [2.24, 2.45) is 7.05 Å². The lowest BCUT2D eigenvalue weighted by molar-refractivity contribution is -0.146. The van der Waals surface area contributed by atoms with E-state index in [1.54, 1.807) is 14.0 Å². The molecule has 1 aromatic heterocycles. The highest BCUT2D eigenvalue weighted by Gasteiger charge is 2.31. The van der Waals surface area contributed by atoms with Gasteiger partial charge in [0.15, 0.2) is 0 Å². The van der Waals surface area contributed by atoms with Crippen molar-refractivity contribution in [1.29, 1.82) is 0 Å². The van der Waals surface area contributed by atoms with E-state index >= 15 is 0 Å². The lowest BCUT2D eigenvalue weighted by Gasteiger charge is -2.22. The average Bonchev–Trinajstić information content (AvgIpc) is 2.43. The molecule has 1 aromatic rings. The maximum Gasteiger partial charge on any atom is 0.401 e. The maximum atomic E-state index is 12.4. The normalized spacial score (nSPS) is 12.4. The lowest BCUT2D eigenvalue weighted by Crippen LogP contribution is -2.35. The van der Waals surface area contributed by atoms with Gasteiger partial charge in [-0.15, -0.1) is 0 Å². The van der Waals surface area contributed by atoms with Crippen LogP contribution in [0.15, 0.2) is 0 Å². The molecule has 1 heterocycles. The van der Waals surface area contributed by atoms with E-state index in [0.29, 0.717) is 28.3 Å². The molecule has 0 aliphatic heterocycles. The van der Waals surface area contributed by atoms with Crippen molar-refractivity contribution in [2.75, 3.05) is 18.4 Å². The summed E-state index contributed by atoms with van der Waals surface area (Å²) in [6.45, 7) is 1.22. The van der Waals surface area contributed by atoms with Crippen molar-refractivity contribution in [3.05, 3.63) is 16.4 Å². The first-order valence-corrected chi connectivity index (χ1v) is 6.77. The Labute approximate surface area is 117 Å². The number of aryl methyl sites for hydroxylation is 2. The highest BCUT2D eigenvalue weighted by molar-refractivity contribution is 9.09. The molecule has 0 fully saturated rings. The molecule has 8 heteroatoms. The van der Waals surface area contributed by atoms with Gasteiger partial charge in [0.2, 0.25) is 0 Å². The molecule has 0 aliphatic carbocycles. The van der Waals surface area contributed by atoms with E-state index in [0.717, 1.165) is 0 Å². The quantitative estimate of drug-likeness (QED) is 0.762. The minimum absolute atomic E-state index is 0.142. The lowest BCUT2D eigenvalue weighted by atomic mass is 10.2. The summed E-state index contributed by atoms with van der Waals surface area (Å²) in [5.74, 6) is 0. The van der Waals surface area contributed by atoms with Gasteiger partial charge in [0.1, 0.15) is 5.15 Å². The Balaban J connectivity index is 2.83. The van der Waals surface area contributed by atoms with Crippen LogP contribution in [0.3, 0.4) is 0 Å². The molecule has 0 amide bonds. The second kappa shape index (κ2) is 6.25. The number of alkyl halides is 4. The highest BCUT2D eigenvalue weighted by Crippen LogP contribution is 2.23. The second-order valence-electron chi connectivity index (χ2n) is 3.99. The van der Waals surface area contributed by atoms with E-state index in [1.165, 1.54) is 9.58 Å². The van der Waals surface area contributed by atoms with Crippen molar-refractivity contribution in [1.82, 2.24) is 14.7 Å². The zero-order valence-electron chi connectivity index (χ0n) is 10.1. The van der Waals surface area contributed by atoms with Crippen LogP contribution in [0.4, 0.5) is 13.2 Å². The monoisotopic (exact) mass is 347 g/mol. The van der Waals surface area contributed by atoms with Crippen LogP contribution in [0.25, 0.3) is 0 Å². The molecule has 0 atom stereocenters. The Kier molecular flexibility index (Phi) is 5.48. The minimum Gasteiger partial charge on any atom is -0.290 e. The van der Waals surface area contributed by atoms with Gasteiger partial charge in [-0.3, -0.25) is 9.58 Å². The summed E-state index contributed by atoms with van der Waals surface area (Å²) in [4.78, 5) is 1.30. The SMILES string of the molecule is Cc1nn(C)c(Cl)c1CN(CCBr)CC(F)(F)F. The summed E-state index contributed by atoms with van der Waals surface area (Å²) in [5.41, 5.74) is 1.30. The van der Waals surface area contributed by atoms with Crippen molar-refractivity contribution in [3.63, 3.8) is 0 Å². The van der Waals surface area contributed by atoms with Crippen LogP contribution in [0.1, 0.15) is 11.3 Å². The standard InChI is InChI=1S/C10H14BrClF3N3/c1-7-8(9(12)17(2)16-7)5-18(4-3-11)6-10(13,14)15/h3-6H2,1-2H3. The zero-order valence-corrected chi connectivity index (χ0v) is 12.4. The average molecular weight is 349 g/mol. The molecule has 3 nitrogen and oxygen atoms in total. The summed E-state index contributed by atoms with van der Waals surface area (Å²) in [7, 11) is 1.66. The molecule has 0 N–H and O–H groups in total. The first kappa shape index (κ1) is 15.8. The maximum absolute atomic E-state index is 12.4. The van der Waals surface area contributed by atoms with Gasteiger partial charge in [-0.25, -0.2) is 0 Å². The first-order valence-electron chi connectivity index (χ1n) is 5.27. The molecule has 0 radical (unpaired) electrons. The van der Waals surface area contributed by atoms with E-state index in [2.05, 4.69) is 21.0 Å². The zero-order chi connectivity index (χ0) is 13.9. The van der Waals surface area contributed by atoms with Crippen LogP contribution in [0.5, 0.6) is 0 Å². The summed E-state index contributed by atoms with van der Waals surface area (Å²) in [6, 6.07) is 0. The summed E-state index contributed by atoms with van der Waals surface area (Å²) >= 11 is 9.16. The first-order chi connectivity index (χ1) is 8.24. The Morgan fingerprint density at radius 1 is 1.44 bits per heavy atom. The molecule has 0 aromatic carbocycles. The molecule has 0 aliphatic rings. The van der Waals surface area contributed by atoms with Crippen molar-refractivity contribution in [2.45, 2.75) is 19.6 Å². The van der Waals surface area contributed by atoms with Crippen LogP contribution in [0.2, 0.25) is 5.15 Å². The molecule has 0 bridgehead atoms. The van der Waals surface area contributed by atoms with Crippen molar-refractivity contribution >= 4 is 27.5 Å². The fraction of sp³-hybridized carbons (Fsp3) is 0.700. The van der Waals surface area contributed by atoms with Crippen LogP contribution < -0.4 is 0 Å². The Bertz CT molecular complexity index is 406. The molecular weight excluding hydrogens is 334 g/mol. The number of rotatable bonds is 5. The molecule has 0 unspecified atom stereocenters. The minimum atomic E-state index is -4.22. The number of hydrogen-bond acceptors (Lipinski definition) is 2. The second-order valence-corrected chi connectivity index (χ2v) is 5.14. The molecule has 0 spiro atoms. The largest absolute Gasteiger partial charge is 0.401 e. The highest BCUT2D eigenvalue weighted by atomic mass is 79.9. The predicted molar refractivity (Wildman–Crippen MR) is 68.1 cm³/mol. The van der Waals surface area contributed by atoms with E-state index in [-0.39, 0.29) is 6.54 Å². The molecule has 104 valence electrons. The van der Waals surface area contributed by atoms with Crippen LogP contribution in [0, 0.1) is 6.92 Å². The van der Waals surface area contributed by atoms with Gasteiger partial charge in [-0.2, -0.15) is 18.3 Å². The van der Waals surface area contributed by atoms with E-state index in [4.69, 9.17) is 11.6 Å². The van der Waals surface area contributed by atoms with E-state index in [1.807, 2.05) is 0 Å². The van der Waals surface area contributed by atoms with E-state index < -0.39 is 12.7 Å². The van der Waals surface area contributed by atoms with Crippen LogP contribution >= 0.6 is 27.5 Å². The molecule has 18 heavy (non-hydrogen) atoms. The molecule has 0 saturated carbocycles. The van der Waals surface area contributed by atoms with Gasteiger partial charge >= 0.3 is 6.18 Å².